The van der Waals surface area contributed by atoms with Crippen molar-refractivity contribution >= 4 is 22.3 Å². The zero-order valence-corrected chi connectivity index (χ0v) is 18.3. The largest absolute Gasteiger partial charge is 0.363 e. The Kier molecular flexibility index (Phi) is 7.03. The summed E-state index contributed by atoms with van der Waals surface area (Å²) in [4.78, 5) is 6.90. The van der Waals surface area contributed by atoms with E-state index in [0.717, 1.165) is 70.1 Å². The fourth-order valence-electron chi connectivity index (χ4n) is 4.27. The minimum Gasteiger partial charge on any atom is -0.363 e. The number of anilines is 1. The number of fused-ring (bicyclic) bond motifs is 1. The Morgan fingerprint density at radius 3 is 2.90 bits per heavy atom. The Bertz CT molecular complexity index is 775. The molecule has 2 N–H and O–H groups in total. The second kappa shape index (κ2) is 10.1. The molecule has 0 amide bonds. The van der Waals surface area contributed by atoms with Gasteiger partial charge in [-0.3, -0.25) is 4.99 Å². The van der Waals surface area contributed by atoms with E-state index in [4.69, 9.17) is 0 Å². The Labute approximate surface area is 177 Å². The highest BCUT2D eigenvalue weighted by Crippen LogP contribution is 2.24. The van der Waals surface area contributed by atoms with Crippen LogP contribution in [0.2, 0.25) is 0 Å². The van der Waals surface area contributed by atoms with E-state index < -0.39 is 0 Å². The molecular weight excluding hydrogens is 382 g/mol. The lowest BCUT2D eigenvalue weighted by molar-refractivity contribution is 0.462. The maximum Gasteiger partial charge on any atom is 0.191 e. The van der Waals surface area contributed by atoms with Crippen LogP contribution in [-0.4, -0.2) is 53.4 Å². The van der Waals surface area contributed by atoms with Crippen LogP contribution in [0.3, 0.4) is 0 Å². The summed E-state index contributed by atoms with van der Waals surface area (Å²) in [6, 6.07) is 4.84. The molecule has 1 saturated heterocycles. The van der Waals surface area contributed by atoms with E-state index in [0.29, 0.717) is 6.04 Å². The molecule has 8 heteroatoms. The normalized spacial score (nSPS) is 18.4. The molecule has 2 aliphatic rings. The van der Waals surface area contributed by atoms with Gasteiger partial charge in [0.2, 0.25) is 0 Å². The number of aromatic nitrogens is 3. The molecule has 29 heavy (non-hydrogen) atoms. The Morgan fingerprint density at radius 2 is 2.10 bits per heavy atom. The molecule has 0 spiro atoms. The highest BCUT2D eigenvalue weighted by Gasteiger charge is 2.20. The first-order valence-electron chi connectivity index (χ1n) is 11.0. The molecule has 0 atom stereocenters. The van der Waals surface area contributed by atoms with Gasteiger partial charge in [0, 0.05) is 52.1 Å². The number of guanidine groups is 1. The van der Waals surface area contributed by atoms with E-state index in [1.54, 1.807) is 0 Å². The van der Waals surface area contributed by atoms with Gasteiger partial charge in [-0.1, -0.05) is 6.42 Å². The third-order valence-electron chi connectivity index (χ3n) is 5.93. The molecule has 2 aromatic rings. The summed E-state index contributed by atoms with van der Waals surface area (Å²) in [6.07, 6.45) is 9.17. The van der Waals surface area contributed by atoms with Gasteiger partial charge in [0.05, 0.1) is 5.00 Å². The maximum atomic E-state index is 4.43. The number of aryl methyl sites for hydroxylation is 2. The minimum atomic E-state index is 0.490. The quantitative estimate of drug-likeness (QED) is 0.431. The zero-order valence-electron chi connectivity index (χ0n) is 17.4. The molecule has 4 rings (SSSR count). The Morgan fingerprint density at radius 1 is 1.21 bits per heavy atom. The maximum absolute atomic E-state index is 4.43. The zero-order chi connectivity index (χ0) is 19.9. The van der Waals surface area contributed by atoms with Crippen molar-refractivity contribution in [1.82, 2.24) is 25.4 Å². The smallest absolute Gasteiger partial charge is 0.191 e. The van der Waals surface area contributed by atoms with Crippen molar-refractivity contribution in [2.45, 2.75) is 64.0 Å². The molecule has 0 radical (unpaired) electrons. The van der Waals surface area contributed by atoms with Crippen LogP contribution >= 0.6 is 11.3 Å². The minimum absolute atomic E-state index is 0.490. The van der Waals surface area contributed by atoms with Crippen LogP contribution in [0.25, 0.3) is 0 Å². The van der Waals surface area contributed by atoms with E-state index in [9.17, 15) is 0 Å². The van der Waals surface area contributed by atoms with Crippen molar-refractivity contribution in [3.63, 3.8) is 0 Å². The average molecular weight is 416 g/mol. The monoisotopic (exact) mass is 415 g/mol. The van der Waals surface area contributed by atoms with E-state index >= 15 is 0 Å². The summed E-state index contributed by atoms with van der Waals surface area (Å²) in [6.45, 7) is 4.19. The SMILES string of the molecule is CN=C(NCCCc1nnc2n1CCCCC2)NC1CCN(c2cccs2)CC1. The number of piperidine rings is 1. The molecule has 158 valence electrons. The molecule has 7 nitrogen and oxygen atoms in total. The summed E-state index contributed by atoms with van der Waals surface area (Å²) in [5.41, 5.74) is 0. The van der Waals surface area contributed by atoms with E-state index in [1.807, 2.05) is 18.4 Å². The fourth-order valence-corrected chi connectivity index (χ4v) is 5.05. The van der Waals surface area contributed by atoms with E-state index in [1.165, 1.54) is 30.1 Å². The number of hydrogen-bond donors (Lipinski definition) is 2. The van der Waals surface area contributed by atoms with Gasteiger partial charge in [0.25, 0.3) is 0 Å². The predicted octanol–water partition coefficient (Wildman–Crippen LogP) is 2.83. The number of nitrogens with one attached hydrogen (secondary N) is 2. The molecule has 2 aliphatic heterocycles. The highest BCUT2D eigenvalue weighted by atomic mass is 32.1. The lowest BCUT2D eigenvalue weighted by Gasteiger charge is -2.33. The van der Waals surface area contributed by atoms with Gasteiger partial charge in [0.1, 0.15) is 11.6 Å². The lowest BCUT2D eigenvalue weighted by Crippen LogP contribution is -2.48. The average Bonchev–Trinajstić information content (AvgIpc) is 3.36. The molecule has 1 fully saturated rings. The Balaban J connectivity index is 1.17. The van der Waals surface area contributed by atoms with Crippen molar-refractivity contribution < 1.29 is 0 Å². The van der Waals surface area contributed by atoms with Crippen molar-refractivity contribution in [3.05, 3.63) is 29.2 Å². The lowest BCUT2D eigenvalue weighted by atomic mass is 10.1. The van der Waals surface area contributed by atoms with Gasteiger partial charge in [-0.25, -0.2) is 0 Å². The fraction of sp³-hybridized carbons (Fsp3) is 0.667. The first-order chi connectivity index (χ1) is 14.3. The molecule has 0 aromatic carbocycles. The van der Waals surface area contributed by atoms with E-state index in [-0.39, 0.29) is 0 Å². The third kappa shape index (κ3) is 5.29. The summed E-state index contributed by atoms with van der Waals surface area (Å²) in [5.74, 6) is 3.24. The standard InChI is InChI=1S/C21H33N7S/c1-22-21(24-17-10-14-27(15-11-17)20-9-6-16-29-20)23-12-5-8-19-26-25-18-7-3-2-4-13-28(18)19/h6,9,16-17H,2-5,7-8,10-15H2,1H3,(H2,22,23,24). The first kappa shape index (κ1) is 20.2. The highest BCUT2D eigenvalue weighted by molar-refractivity contribution is 7.14. The first-order valence-corrected chi connectivity index (χ1v) is 11.9. The van der Waals surface area contributed by atoms with Crippen LogP contribution in [0.4, 0.5) is 5.00 Å². The van der Waals surface area contributed by atoms with Crippen molar-refractivity contribution in [2.75, 3.05) is 31.6 Å². The summed E-state index contributed by atoms with van der Waals surface area (Å²) in [5, 5.41) is 19.5. The topological polar surface area (TPSA) is 70.4 Å². The summed E-state index contributed by atoms with van der Waals surface area (Å²) >= 11 is 1.83. The van der Waals surface area contributed by atoms with Crippen LogP contribution in [0, 0.1) is 0 Å². The molecule has 4 heterocycles. The number of rotatable bonds is 6. The summed E-state index contributed by atoms with van der Waals surface area (Å²) < 4.78 is 2.35. The number of hydrogen-bond acceptors (Lipinski definition) is 5. The molecule has 2 aromatic heterocycles. The second-order valence-corrected chi connectivity index (χ2v) is 8.88. The molecule has 0 bridgehead atoms. The van der Waals surface area contributed by atoms with Crippen LogP contribution in [0.5, 0.6) is 0 Å². The van der Waals surface area contributed by atoms with Gasteiger partial charge in [-0.05, 0) is 49.6 Å². The number of aliphatic imine (C=N–C) groups is 1. The van der Waals surface area contributed by atoms with Crippen LogP contribution < -0.4 is 15.5 Å². The second-order valence-electron chi connectivity index (χ2n) is 7.95. The summed E-state index contributed by atoms with van der Waals surface area (Å²) in [7, 11) is 1.86. The van der Waals surface area contributed by atoms with Crippen LogP contribution in [0.15, 0.2) is 22.5 Å². The molecule has 0 unspecified atom stereocenters. The predicted molar refractivity (Wildman–Crippen MR) is 120 cm³/mol. The number of nitrogens with zero attached hydrogens (tertiary/aromatic N) is 5. The van der Waals surface area contributed by atoms with Crippen molar-refractivity contribution in [2.24, 2.45) is 4.99 Å². The van der Waals surface area contributed by atoms with Crippen LogP contribution in [-0.2, 0) is 19.4 Å². The van der Waals surface area contributed by atoms with Gasteiger partial charge in [0.15, 0.2) is 5.96 Å². The molecular formula is C21H33N7S. The molecule has 0 saturated carbocycles. The van der Waals surface area contributed by atoms with Gasteiger partial charge in [-0.15, -0.1) is 21.5 Å². The van der Waals surface area contributed by atoms with Gasteiger partial charge in [-0.2, -0.15) is 0 Å². The van der Waals surface area contributed by atoms with Crippen molar-refractivity contribution in [1.29, 1.82) is 0 Å². The Hall–Kier alpha value is -2.09. The van der Waals surface area contributed by atoms with Crippen LogP contribution in [0.1, 0.15) is 50.2 Å². The van der Waals surface area contributed by atoms with Crippen molar-refractivity contribution in [3.8, 4) is 0 Å². The van der Waals surface area contributed by atoms with Gasteiger partial charge < -0.3 is 20.1 Å². The van der Waals surface area contributed by atoms with E-state index in [2.05, 4.69) is 52.8 Å². The molecule has 0 aliphatic carbocycles. The third-order valence-corrected chi connectivity index (χ3v) is 6.86. The number of thiophene rings is 1. The van der Waals surface area contributed by atoms with Gasteiger partial charge >= 0.3 is 0 Å².